The van der Waals surface area contributed by atoms with E-state index in [1.807, 2.05) is 13.0 Å². The van der Waals surface area contributed by atoms with E-state index in [-0.39, 0.29) is 12.1 Å². The van der Waals surface area contributed by atoms with E-state index in [1.54, 1.807) is 6.92 Å². The van der Waals surface area contributed by atoms with Gasteiger partial charge in [-0.25, -0.2) is 4.79 Å². The van der Waals surface area contributed by atoms with E-state index in [2.05, 4.69) is 11.2 Å². The maximum atomic E-state index is 11.3. The molecule has 13 heavy (non-hydrogen) atoms. The molecule has 4 nitrogen and oxygen atoms in total. The Morgan fingerprint density at radius 1 is 1.69 bits per heavy atom. The first kappa shape index (κ1) is 8.29. The second-order valence-electron chi connectivity index (χ2n) is 3.19. The number of fused-ring (bicyclic) bond motifs is 1. The summed E-state index contributed by atoms with van der Waals surface area (Å²) in [7, 11) is 0. The molecule has 0 radical (unpaired) electrons. The molecule has 2 unspecified atom stereocenters. The Kier molecular flexibility index (Phi) is 1.83. The van der Waals surface area contributed by atoms with Crippen molar-refractivity contribution in [3.63, 3.8) is 0 Å². The largest absolute Gasteiger partial charge is 0.448 e. The lowest BCUT2D eigenvalue weighted by molar-refractivity contribution is 0.0992. The second kappa shape index (κ2) is 2.87. The molecule has 0 N–H and O–H groups in total. The van der Waals surface area contributed by atoms with E-state index in [0.717, 1.165) is 5.71 Å². The molecule has 2 rings (SSSR count). The van der Waals surface area contributed by atoms with Crippen LogP contribution in [-0.4, -0.2) is 29.5 Å². The Morgan fingerprint density at radius 3 is 2.92 bits per heavy atom. The Labute approximate surface area is 76.9 Å². The van der Waals surface area contributed by atoms with Crippen LogP contribution < -0.4 is 0 Å². The van der Waals surface area contributed by atoms with E-state index in [9.17, 15) is 4.79 Å². The molecule has 0 spiro atoms. The van der Waals surface area contributed by atoms with Gasteiger partial charge in [-0.15, -0.1) is 0 Å². The summed E-state index contributed by atoms with van der Waals surface area (Å²) in [5.74, 6) is 0.324. The highest BCUT2D eigenvalue weighted by Crippen LogP contribution is 2.31. The van der Waals surface area contributed by atoms with Crippen LogP contribution in [0.25, 0.3) is 0 Å². The zero-order valence-corrected chi connectivity index (χ0v) is 7.73. The topological polar surface area (TPSA) is 41.9 Å². The van der Waals surface area contributed by atoms with Gasteiger partial charge in [-0.05, 0) is 13.8 Å². The number of carbonyl (C=O) groups excluding carboxylic acids is 1. The molecule has 0 saturated heterocycles. The summed E-state index contributed by atoms with van der Waals surface area (Å²) in [4.78, 5) is 11.3. The molecule has 2 atom stereocenters. The van der Waals surface area contributed by atoms with Crippen LogP contribution in [0, 0.1) is 5.92 Å². The Balaban J connectivity index is 2.09. The highest BCUT2D eigenvalue weighted by Gasteiger charge is 2.40. The van der Waals surface area contributed by atoms with Gasteiger partial charge in [-0.3, -0.25) is 0 Å². The average Bonchev–Trinajstić information content (AvgIpc) is 2.21. The summed E-state index contributed by atoms with van der Waals surface area (Å²) < 4.78 is 4.87. The molecule has 0 aromatic heterocycles. The fourth-order valence-electron chi connectivity index (χ4n) is 1.60. The minimum Gasteiger partial charge on any atom is -0.448 e. The number of hydrogen-bond donors (Lipinski definition) is 0. The fourth-order valence-corrected chi connectivity index (χ4v) is 1.60. The number of nitrogens with zero attached hydrogens (tertiary/aromatic N) is 2. The van der Waals surface area contributed by atoms with E-state index < -0.39 is 0 Å². The second-order valence-corrected chi connectivity index (χ2v) is 3.19. The minimum atomic E-state index is -0.348. The van der Waals surface area contributed by atoms with Crippen molar-refractivity contribution in [3.8, 4) is 0 Å². The molecule has 1 amide bonds. The van der Waals surface area contributed by atoms with Crippen molar-refractivity contribution in [2.45, 2.75) is 19.9 Å². The van der Waals surface area contributed by atoms with Crippen LogP contribution >= 0.6 is 0 Å². The first-order valence-corrected chi connectivity index (χ1v) is 4.43. The van der Waals surface area contributed by atoms with Gasteiger partial charge in [0, 0.05) is 11.6 Å². The molecule has 1 aliphatic carbocycles. The molecular formula is C9H12N2O2. The van der Waals surface area contributed by atoms with Crippen LogP contribution in [0.3, 0.4) is 0 Å². The maximum absolute atomic E-state index is 11.3. The van der Waals surface area contributed by atoms with Gasteiger partial charge in [0.2, 0.25) is 0 Å². The number of hydrogen-bond acceptors (Lipinski definition) is 3. The van der Waals surface area contributed by atoms with Gasteiger partial charge in [-0.2, -0.15) is 10.1 Å². The van der Waals surface area contributed by atoms with Gasteiger partial charge in [0.05, 0.1) is 12.6 Å². The molecule has 2 aliphatic rings. The lowest BCUT2D eigenvalue weighted by Crippen LogP contribution is -2.39. The van der Waals surface area contributed by atoms with Crippen LogP contribution in [0.5, 0.6) is 0 Å². The first-order chi connectivity index (χ1) is 6.24. The van der Waals surface area contributed by atoms with E-state index in [4.69, 9.17) is 4.74 Å². The van der Waals surface area contributed by atoms with Gasteiger partial charge >= 0.3 is 6.09 Å². The number of rotatable bonds is 1. The Bertz CT molecular complexity index is 296. The van der Waals surface area contributed by atoms with Crippen LogP contribution in [0.1, 0.15) is 13.8 Å². The van der Waals surface area contributed by atoms with E-state index >= 15 is 0 Å². The van der Waals surface area contributed by atoms with Crippen molar-refractivity contribution in [2.24, 2.45) is 11.0 Å². The van der Waals surface area contributed by atoms with Crippen molar-refractivity contribution in [1.82, 2.24) is 5.01 Å². The fraction of sp³-hybridized carbons (Fsp3) is 0.556. The highest BCUT2D eigenvalue weighted by atomic mass is 16.6. The predicted molar refractivity (Wildman–Crippen MR) is 48.4 cm³/mol. The van der Waals surface area contributed by atoms with Crippen LogP contribution in [0.15, 0.2) is 17.3 Å². The standard InChI is InChI=1S/C9H12N2O2/c1-3-13-9(12)11-8-5-4-7(8)6(2)10-11/h4-5,7-8H,3H2,1-2H3. The molecule has 70 valence electrons. The maximum Gasteiger partial charge on any atom is 0.430 e. The normalized spacial score (nSPS) is 29.4. The third-order valence-electron chi connectivity index (χ3n) is 2.37. The van der Waals surface area contributed by atoms with Crippen LogP contribution in [-0.2, 0) is 4.74 Å². The summed E-state index contributed by atoms with van der Waals surface area (Å²) >= 11 is 0. The van der Waals surface area contributed by atoms with Gasteiger partial charge in [-0.1, -0.05) is 12.2 Å². The number of carbonyl (C=O) groups is 1. The van der Waals surface area contributed by atoms with E-state index in [0.29, 0.717) is 12.5 Å². The van der Waals surface area contributed by atoms with Gasteiger partial charge in [0.25, 0.3) is 0 Å². The predicted octanol–water partition coefficient (Wildman–Crippen LogP) is 1.39. The summed E-state index contributed by atoms with van der Waals surface area (Å²) in [5, 5.41) is 5.56. The highest BCUT2D eigenvalue weighted by molar-refractivity contribution is 5.92. The zero-order chi connectivity index (χ0) is 9.42. The number of ether oxygens (including phenoxy) is 1. The van der Waals surface area contributed by atoms with Crippen LogP contribution in [0.2, 0.25) is 0 Å². The average molecular weight is 180 g/mol. The van der Waals surface area contributed by atoms with E-state index in [1.165, 1.54) is 5.01 Å². The third-order valence-corrected chi connectivity index (χ3v) is 2.37. The van der Waals surface area contributed by atoms with Crippen molar-refractivity contribution < 1.29 is 9.53 Å². The minimum absolute atomic E-state index is 0.110. The summed E-state index contributed by atoms with van der Waals surface area (Å²) in [6.07, 6.45) is 3.68. The third kappa shape index (κ3) is 1.13. The van der Waals surface area contributed by atoms with Crippen molar-refractivity contribution in [3.05, 3.63) is 12.2 Å². The molecule has 1 heterocycles. The smallest absolute Gasteiger partial charge is 0.430 e. The van der Waals surface area contributed by atoms with Gasteiger partial charge < -0.3 is 4.74 Å². The quantitative estimate of drug-likeness (QED) is 0.572. The molecule has 0 saturated carbocycles. The molecule has 0 fully saturated rings. The lowest BCUT2D eigenvalue weighted by atomic mass is 9.87. The van der Waals surface area contributed by atoms with Gasteiger partial charge in [0.15, 0.2) is 0 Å². The molecule has 4 heteroatoms. The number of amides is 1. The molecule has 1 aliphatic heterocycles. The van der Waals surface area contributed by atoms with Crippen LogP contribution in [0.4, 0.5) is 4.79 Å². The molecule has 0 aromatic carbocycles. The lowest BCUT2D eigenvalue weighted by Gasteiger charge is -2.27. The first-order valence-electron chi connectivity index (χ1n) is 4.43. The van der Waals surface area contributed by atoms with Crippen molar-refractivity contribution in [1.29, 1.82) is 0 Å². The Hall–Kier alpha value is -1.32. The summed E-state index contributed by atoms with van der Waals surface area (Å²) in [6.45, 7) is 4.12. The Morgan fingerprint density at radius 2 is 2.46 bits per heavy atom. The molecule has 0 aromatic rings. The monoisotopic (exact) mass is 180 g/mol. The summed E-state index contributed by atoms with van der Waals surface area (Å²) in [6, 6.07) is 0.110. The SMILES string of the molecule is CCOC(=O)N1N=C(C)C2C=CC21. The summed E-state index contributed by atoms with van der Waals surface area (Å²) in [5.41, 5.74) is 0.987. The van der Waals surface area contributed by atoms with Gasteiger partial charge in [0.1, 0.15) is 0 Å². The van der Waals surface area contributed by atoms with Crippen molar-refractivity contribution >= 4 is 11.8 Å². The molecule has 0 bridgehead atoms. The molecular weight excluding hydrogens is 168 g/mol. The van der Waals surface area contributed by atoms with Crippen molar-refractivity contribution in [2.75, 3.05) is 6.61 Å². The zero-order valence-electron chi connectivity index (χ0n) is 7.73. The number of hydrazone groups is 1.